The van der Waals surface area contributed by atoms with Gasteiger partial charge >= 0.3 is 5.97 Å². The summed E-state index contributed by atoms with van der Waals surface area (Å²) in [4.78, 5) is 37.4. The van der Waals surface area contributed by atoms with Crippen LogP contribution in [0.3, 0.4) is 0 Å². The van der Waals surface area contributed by atoms with Crippen LogP contribution in [0.1, 0.15) is 46.5 Å². The molecule has 1 heterocycles. The van der Waals surface area contributed by atoms with E-state index in [1.54, 1.807) is 4.90 Å². The summed E-state index contributed by atoms with van der Waals surface area (Å²) in [5, 5.41) is 11.8. The predicted octanol–water partition coefficient (Wildman–Crippen LogP) is 1.00. The molecular weight excluding hydrogens is 272 g/mol. The Hall–Kier alpha value is -1.59. The van der Waals surface area contributed by atoms with E-state index in [0.717, 1.165) is 6.42 Å². The Kier molecular flexibility index (Phi) is 4.00. The number of carbonyl (C=O) groups excluding carboxylic acids is 2. The van der Waals surface area contributed by atoms with Crippen molar-refractivity contribution in [3.05, 3.63) is 0 Å². The molecule has 6 heteroatoms. The first-order valence-corrected chi connectivity index (χ1v) is 7.50. The SMILES string of the molecule is CC(C)(C)C(=O)N1CCCC1C(=O)NCC1(C(=O)O)CC1. The monoisotopic (exact) mass is 296 g/mol. The number of nitrogens with one attached hydrogen (secondary N) is 1. The number of hydrogen-bond donors (Lipinski definition) is 2. The van der Waals surface area contributed by atoms with Gasteiger partial charge in [0.05, 0.1) is 5.41 Å². The van der Waals surface area contributed by atoms with Crippen LogP contribution >= 0.6 is 0 Å². The van der Waals surface area contributed by atoms with Crippen molar-refractivity contribution in [1.82, 2.24) is 10.2 Å². The molecule has 1 atom stereocenters. The van der Waals surface area contributed by atoms with Gasteiger partial charge in [-0.1, -0.05) is 20.8 Å². The Bertz CT molecular complexity index is 463. The van der Waals surface area contributed by atoms with Crippen LogP contribution in [0, 0.1) is 10.8 Å². The number of carboxylic acid groups (broad SMARTS) is 1. The van der Waals surface area contributed by atoms with E-state index in [1.165, 1.54) is 0 Å². The van der Waals surface area contributed by atoms with Crippen LogP contribution in [0.4, 0.5) is 0 Å². The Labute approximate surface area is 124 Å². The number of likely N-dealkylation sites (tertiary alicyclic amines) is 1. The van der Waals surface area contributed by atoms with E-state index in [9.17, 15) is 14.4 Å². The molecule has 1 aliphatic carbocycles. The highest BCUT2D eigenvalue weighted by molar-refractivity contribution is 5.90. The molecule has 2 N–H and O–H groups in total. The third kappa shape index (κ3) is 3.19. The molecule has 1 saturated heterocycles. The quantitative estimate of drug-likeness (QED) is 0.810. The summed E-state index contributed by atoms with van der Waals surface area (Å²) >= 11 is 0. The molecule has 1 unspecified atom stereocenters. The minimum Gasteiger partial charge on any atom is -0.481 e. The number of hydrogen-bond acceptors (Lipinski definition) is 3. The number of carbonyl (C=O) groups is 3. The molecule has 2 amide bonds. The first-order chi connectivity index (χ1) is 9.67. The zero-order valence-corrected chi connectivity index (χ0v) is 12.9. The predicted molar refractivity (Wildman–Crippen MR) is 76.5 cm³/mol. The summed E-state index contributed by atoms with van der Waals surface area (Å²) in [7, 11) is 0. The van der Waals surface area contributed by atoms with Crippen LogP contribution in [-0.2, 0) is 14.4 Å². The van der Waals surface area contributed by atoms with Crippen LogP contribution in [0.5, 0.6) is 0 Å². The first kappa shape index (κ1) is 15.8. The Morgan fingerprint density at radius 1 is 1.29 bits per heavy atom. The maximum atomic E-state index is 12.4. The number of rotatable bonds is 4. The fraction of sp³-hybridized carbons (Fsp3) is 0.800. The fourth-order valence-electron chi connectivity index (χ4n) is 2.70. The van der Waals surface area contributed by atoms with Crippen LogP contribution in [0.15, 0.2) is 0 Å². The second-order valence-corrected chi connectivity index (χ2v) is 7.21. The van der Waals surface area contributed by atoms with Crippen molar-refractivity contribution < 1.29 is 19.5 Å². The molecule has 0 aromatic heterocycles. The van der Waals surface area contributed by atoms with Crippen LogP contribution in [-0.4, -0.2) is 46.9 Å². The van der Waals surface area contributed by atoms with Gasteiger partial charge in [-0.2, -0.15) is 0 Å². The summed E-state index contributed by atoms with van der Waals surface area (Å²) < 4.78 is 0. The second kappa shape index (κ2) is 5.31. The number of aliphatic carboxylic acids is 1. The molecule has 0 aromatic rings. The van der Waals surface area contributed by atoms with Gasteiger partial charge in [0.2, 0.25) is 11.8 Å². The van der Waals surface area contributed by atoms with E-state index in [4.69, 9.17) is 5.11 Å². The summed E-state index contributed by atoms with van der Waals surface area (Å²) in [6.07, 6.45) is 2.67. The van der Waals surface area contributed by atoms with Gasteiger partial charge in [0, 0.05) is 18.5 Å². The second-order valence-electron chi connectivity index (χ2n) is 7.21. The largest absolute Gasteiger partial charge is 0.481 e. The molecule has 1 saturated carbocycles. The fourth-order valence-corrected chi connectivity index (χ4v) is 2.70. The summed E-state index contributed by atoms with van der Waals surface area (Å²) in [5.74, 6) is -1.10. The highest BCUT2D eigenvalue weighted by Crippen LogP contribution is 2.45. The van der Waals surface area contributed by atoms with Crippen molar-refractivity contribution in [3.8, 4) is 0 Å². The zero-order chi connectivity index (χ0) is 15.8. The summed E-state index contributed by atoms with van der Waals surface area (Å²) in [6, 6.07) is -0.457. The lowest BCUT2D eigenvalue weighted by atomic mass is 9.94. The molecule has 1 aliphatic heterocycles. The van der Waals surface area contributed by atoms with E-state index in [-0.39, 0.29) is 18.4 Å². The molecule has 0 spiro atoms. The summed E-state index contributed by atoms with van der Waals surface area (Å²) in [5.41, 5.74) is -1.28. The maximum Gasteiger partial charge on any atom is 0.311 e. The van der Waals surface area contributed by atoms with Crippen molar-refractivity contribution in [2.45, 2.75) is 52.5 Å². The van der Waals surface area contributed by atoms with Crippen LogP contribution in [0.2, 0.25) is 0 Å². The van der Waals surface area contributed by atoms with Gasteiger partial charge in [-0.3, -0.25) is 14.4 Å². The third-order valence-electron chi connectivity index (χ3n) is 4.37. The van der Waals surface area contributed by atoms with Crippen LogP contribution in [0.25, 0.3) is 0 Å². The number of carboxylic acids is 1. The minimum absolute atomic E-state index is 0.0282. The molecule has 21 heavy (non-hydrogen) atoms. The Morgan fingerprint density at radius 2 is 1.90 bits per heavy atom. The average molecular weight is 296 g/mol. The smallest absolute Gasteiger partial charge is 0.311 e. The van der Waals surface area contributed by atoms with E-state index in [0.29, 0.717) is 25.8 Å². The topological polar surface area (TPSA) is 86.7 Å². The van der Waals surface area contributed by atoms with Gasteiger partial charge in [-0.25, -0.2) is 0 Å². The van der Waals surface area contributed by atoms with E-state index in [2.05, 4.69) is 5.32 Å². The molecule has 0 bridgehead atoms. The van der Waals surface area contributed by atoms with Crippen molar-refractivity contribution in [1.29, 1.82) is 0 Å². The van der Waals surface area contributed by atoms with Crippen molar-refractivity contribution in [2.75, 3.05) is 13.1 Å². The highest BCUT2D eigenvalue weighted by Gasteiger charge is 2.50. The van der Waals surface area contributed by atoms with E-state index in [1.807, 2.05) is 20.8 Å². The lowest BCUT2D eigenvalue weighted by molar-refractivity contribution is -0.146. The van der Waals surface area contributed by atoms with Gasteiger partial charge in [0.1, 0.15) is 6.04 Å². The van der Waals surface area contributed by atoms with Crippen molar-refractivity contribution >= 4 is 17.8 Å². The Balaban J connectivity index is 1.95. The van der Waals surface area contributed by atoms with Crippen LogP contribution < -0.4 is 5.32 Å². The molecule has 2 rings (SSSR count). The lowest BCUT2D eigenvalue weighted by Crippen LogP contribution is -2.50. The average Bonchev–Trinajstić information content (AvgIpc) is 3.03. The van der Waals surface area contributed by atoms with E-state index < -0.39 is 22.8 Å². The molecule has 118 valence electrons. The lowest BCUT2D eigenvalue weighted by Gasteiger charge is -2.30. The highest BCUT2D eigenvalue weighted by atomic mass is 16.4. The number of amides is 2. The number of nitrogens with zero attached hydrogens (tertiary/aromatic N) is 1. The van der Waals surface area contributed by atoms with E-state index >= 15 is 0 Å². The standard InChI is InChI=1S/C15H24N2O4/c1-14(2,3)12(19)17-8-4-5-10(17)11(18)16-9-15(6-7-15)13(20)21/h10H,4-9H2,1-3H3,(H,16,18)(H,20,21). The zero-order valence-electron chi connectivity index (χ0n) is 12.9. The molecule has 2 fully saturated rings. The molecule has 2 aliphatic rings. The van der Waals surface area contributed by atoms with Gasteiger partial charge < -0.3 is 15.3 Å². The molecule has 6 nitrogen and oxygen atoms in total. The van der Waals surface area contributed by atoms with Crippen molar-refractivity contribution in [2.24, 2.45) is 10.8 Å². The van der Waals surface area contributed by atoms with Gasteiger partial charge in [-0.05, 0) is 25.7 Å². The van der Waals surface area contributed by atoms with Gasteiger partial charge in [0.15, 0.2) is 0 Å². The molecule has 0 aromatic carbocycles. The van der Waals surface area contributed by atoms with Crippen molar-refractivity contribution in [3.63, 3.8) is 0 Å². The molecule has 0 radical (unpaired) electrons. The first-order valence-electron chi connectivity index (χ1n) is 7.50. The van der Waals surface area contributed by atoms with Gasteiger partial charge in [-0.15, -0.1) is 0 Å². The van der Waals surface area contributed by atoms with Gasteiger partial charge in [0.25, 0.3) is 0 Å². The minimum atomic E-state index is -0.850. The Morgan fingerprint density at radius 3 is 2.38 bits per heavy atom. The normalized spacial score (nSPS) is 23.8. The third-order valence-corrected chi connectivity index (χ3v) is 4.37. The summed E-state index contributed by atoms with van der Waals surface area (Å²) in [6.45, 7) is 6.28. The maximum absolute atomic E-state index is 12.4. The molecular formula is C15H24N2O4.